The fraction of sp³-hybridized carbons (Fsp3) is 0.316. The van der Waals surface area contributed by atoms with Crippen molar-refractivity contribution in [2.24, 2.45) is 0 Å². The van der Waals surface area contributed by atoms with E-state index >= 15 is 0 Å². The summed E-state index contributed by atoms with van der Waals surface area (Å²) in [5, 5.41) is 15.4. The second-order valence-corrected chi connectivity index (χ2v) is 7.90. The van der Waals surface area contributed by atoms with E-state index < -0.39 is 0 Å². The molecule has 5 N–H and O–H groups in total. The Morgan fingerprint density at radius 3 is 2.82 bits per heavy atom. The molecule has 1 aromatic carbocycles. The number of benzene rings is 1. The molecule has 28 heavy (non-hydrogen) atoms. The number of rotatable bonds is 5. The molecule has 1 saturated carbocycles. The Hall–Kier alpha value is -3.07. The molecule has 1 aliphatic carbocycles. The van der Waals surface area contributed by atoms with Crippen LogP contribution in [0.2, 0.25) is 0 Å². The van der Waals surface area contributed by atoms with E-state index in [2.05, 4.69) is 25.6 Å². The Bertz CT molecular complexity index is 1060. The number of hydrogen-bond acceptors (Lipinski definition) is 8. The van der Waals surface area contributed by atoms with Gasteiger partial charge in [0.2, 0.25) is 5.91 Å². The van der Waals surface area contributed by atoms with Gasteiger partial charge in [-0.15, -0.1) is 0 Å². The van der Waals surface area contributed by atoms with Gasteiger partial charge in [-0.1, -0.05) is 30.2 Å². The number of carbonyl (C=O) groups is 1. The Morgan fingerprint density at radius 1 is 1.29 bits per heavy atom. The van der Waals surface area contributed by atoms with Gasteiger partial charge in [-0.25, -0.2) is 15.0 Å². The third-order valence-corrected chi connectivity index (χ3v) is 5.72. The van der Waals surface area contributed by atoms with Gasteiger partial charge in [-0.2, -0.15) is 0 Å². The summed E-state index contributed by atoms with van der Waals surface area (Å²) in [5.74, 6) is 0.723. The summed E-state index contributed by atoms with van der Waals surface area (Å²) in [5.41, 5.74) is 8.36. The van der Waals surface area contributed by atoms with E-state index in [1.165, 1.54) is 37.4 Å². The number of hydrogen-bond donors (Lipinski definition) is 4. The van der Waals surface area contributed by atoms with E-state index in [0.29, 0.717) is 28.1 Å². The Balaban J connectivity index is 1.67. The zero-order valence-corrected chi connectivity index (χ0v) is 16.3. The molecule has 0 saturated heterocycles. The highest BCUT2D eigenvalue weighted by molar-refractivity contribution is 7.22. The minimum absolute atomic E-state index is 0.163. The molecular formula is C19H21N7OS. The lowest BCUT2D eigenvalue weighted by molar-refractivity contribution is -0.114. The zero-order chi connectivity index (χ0) is 19.7. The first kappa shape index (κ1) is 18.3. The van der Waals surface area contributed by atoms with Gasteiger partial charge in [0.25, 0.3) is 0 Å². The van der Waals surface area contributed by atoms with Crippen molar-refractivity contribution >= 4 is 49.9 Å². The van der Waals surface area contributed by atoms with Crippen molar-refractivity contribution in [3.8, 4) is 0 Å². The van der Waals surface area contributed by atoms with Crippen molar-refractivity contribution < 1.29 is 4.79 Å². The van der Waals surface area contributed by atoms with Crippen LogP contribution in [-0.4, -0.2) is 32.6 Å². The van der Waals surface area contributed by atoms with Gasteiger partial charge in [-0.3, -0.25) is 10.2 Å². The summed E-state index contributed by atoms with van der Waals surface area (Å²) in [7, 11) is 0. The van der Waals surface area contributed by atoms with Crippen LogP contribution < -0.4 is 16.4 Å². The third-order valence-electron chi connectivity index (χ3n) is 4.78. The predicted molar refractivity (Wildman–Crippen MR) is 112 cm³/mol. The molecule has 0 spiro atoms. The normalized spacial score (nSPS) is 14.3. The zero-order valence-electron chi connectivity index (χ0n) is 15.5. The fourth-order valence-corrected chi connectivity index (χ4v) is 4.40. The van der Waals surface area contributed by atoms with Crippen molar-refractivity contribution in [1.82, 2.24) is 15.0 Å². The van der Waals surface area contributed by atoms with Crippen molar-refractivity contribution in [2.45, 2.75) is 38.6 Å². The molecule has 1 aliphatic rings. The molecule has 0 aliphatic heterocycles. The van der Waals surface area contributed by atoms with E-state index in [1.807, 2.05) is 18.2 Å². The number of nitrogens with one attached hydrogen (secondary N) is 3. The Morgan fingerprint density at radius 2 is 2.07 bits per heavy atom. The Kier molecular flexibility index (Phi) is 4.91. The summed E-state index contributed by atoms with van der Waals surface area (Å²) in [4.78, 5) is 24.1. The van der Waals surface area contributed by atoms with Crippen LogP contribution in [0, 0.1) is 5.41 Å². The van der Waals surface area contributed by atoms with Crippen molar-refractivity contribution in [3.05, 3.63) is 35.7 Å². The summed E-state index contributed by atoms with van der Waals surface area (Å²) in [6, 6.07) is 5.90. The maximum Gasteiger partial charge on any atom is 0.223 e. The number of nitrogens with zero attached hydrogens (tertiary/aromatic N) is 3. The summed E-state index contributed by atoms with van der Waals surface area (Å²) in [6.07, 6.45) is 6.01. The maximum absolute atomic E-state index is 11.3. The molecule has 1 amide bonds. The SMILES string of the molecule is CC(=O)Nc1nc2ccc(C(=N)c3c(N)ncnc3NC3CCCC3)cc2s1. The summed E-state index contributed by atoms with van der Waals surface area (Å²) < 4.78 is 0.881. The summed E-state index contributed by atoms with van der Waals surface area (Å²) in [6.45, 7) is 1.45. The first-order valence-corrected chi connectivity index (χ1v) is 9.97. The van der Waals surface area contributed by atoms with Gasteiger partial charge in [0.1, 0.15) is 18.0 Å². The first-order chi connectivity index (χ1) is 13.5. The lowest BCUT2D eigenvalue weighted by atomic mass is 10.0. The minimum atomic E-state index is -0.163. The molecule has 4 rings (SSSR count). The smallest absolute Gasteiger partial charge is 0.223 e. The molecule has 9 heteroatoms. The highest BCUT2D eigenvalue weighted by Crippen LogP contribution is 2.30. The topological polar surface area (TPSA) is 130 Å². The van der Waals surface area contributed by atoms with Crippen molar-refractivity contribution in [2.75, 3.05) is 16.4 Å². The van der Waals surface area contributed by atoms with Gasteiger partial charge < -0.3 is 16.4 Å². The number of nitrogens with two attached hydrogens (primary N) is 1. The van der Waals surface area contributed by atoms with Crippen LogP contribution in [0.5, 0.6) is 0 Å². The van der Waals surface area contributed by atoms with E-state index in [4.69, 9.17) is 11.1 Å². The molecule has 0 bridgehead atoms. The third kappa shape index (κ3) is 3.65. The van der Waals surface area contributed by atoms with Crippen LogP contribution in [-0.2, 0) is 4.79 Å². The van der Waals surface area contributed by atoms with Crippen LogP contribution in [0.1, 0.15) is 43.7 Å². The second-order valence-electron chi connectivity index (χ2n) is 6.87. The first-order valence-electron chi connectivity index (χ1n) is 9.16. The number of fused-ring (bicyclic) bond motifs is 1. The van der Waals surface area contributed by atoms with Crippen LogP contribution in [0.4, 0.5) is 16.8 Å². The van der Waals surface area contributed by atoms with Gasteiger partial charge in [0, 0.05) is 18.5 Å². The average molecular weight is 395 g/mol. The lowest BCUT2D eigenvalue weighted by Gasteiger charge is -2.17. The fourth-order valence-electron chi connectivity index (χ4n) is 3.45. The van der Waals surface area contributed by atoms with Crippen molar-refractivity contribution in [3.63, 3.8) is 0 Å². The standard InChI is InChI=1S/C19H21N7OS/c1-10(27)24-19-26-13-7-6-11(8-14(13)28-19)16(20)15-17(21)22-9-23-18(15)25-12-4-2-3-5-12/h6-9,12,20H,2-5H2,1H3,(H,24,26,27)(H3,21,22,23,25). The molecular weight excluding hydrogens is 374 g/mol. The number of thiazole rings is 1. The molecule has 144 valence electrons. The van der Waals surface area contributed by atoms with Crippen LogP contribution in [0.3, 0.4) is 0 Å². The minimum Gasteiger partial charge on any atom is -0.383 e. The second kappa shape index (κ2) is 7.51. The summed E-state index contributed by atoms with van der Waals surface area (Å²) >= 11 is 1.37. The van der Waals surface area contributed by atoms with Gasteiger partial charge >= 0.3 is 0 Å². The molecule has 8 nitrogen and oxygen atoms in total. The van der Waals surface area contributed by atoms with Crippen LogP contribution >= 0.6 is 11.3 Å². The van der Waals surface area contributed by atoms with Gasteiger partial charge in [-0.05, 0) is 25.0 Å². The van der Waals surface area contributed by atoms with E-state index in [0.717, 1.165) is 23.1 Å². The molecule has 2 heterocycles. The van der Waals surface area contributed by atoms with Gasteiger partial charge in [0.15, 0.2) is 5.13 Å². The van der Waals surface area contributed by atoms with E-state index in [9.17, 15) is 4.79 Å². The Labute approximate surface area is 166 Å². The quantitative estimate of drug-likeness (QED) is 0.490. The highest BCUT2D eigenvalue weighted by atomic mass is 32.1. The largest absolute Gasteiger partial charge is 0.383 e. The number of aromatic nitrogens is 3. The molecule has 1 fully saturated rings. The number of amides is 1. The molecule has 2 aromatic heterocycles. The van der Waals surface area contributed by atoms with Gasteiger partial charge in [0.05, 0.1) is 21.5 Å². The maximum atomic E-state index is 11.3. The number of anilines is 3. The molecule has 0 unspecified atom stereocenters. The number of carbonyl (C=O) groups excluding carboxylic acids is 1. The molecule has 3 aromatic rings. The monoisotopic (exact) mass is 395 g/mol. The number of nitrogen functional groups attached to an aromatic ring is 1. The lowest BCUT2D eigenvalue weighted by Crippen LogP contribution is -2.20. The van der Waals surface area contributed by atoms with Crippen molar-refractivity contribution in [1.29, 1.82) is 5.41 Å². The molecule has 0 radical (unpaired) electrons. The average Bonchev–Trinajstić information content (AvgIpc) is 3.29. The highest BCUT2D eigenvalue weighted by Gasteiger charge is 2.21. The van der Waals surface area contributed by atoms with Crippen LogP contribution in [0.25, 0.3) is 10.2 Å². The molecule has 0 atom stereocenters. The van der Waals surface area contributed by atoms with E-state index in [-0.39, 0.29) is 17.4 Å². The van der Waals surface area contributed by atoms with E-state index in [1.54, 1.807) is 0 Å². The van der Waals surface area contributed by atoms with Crippen LogP contribution in [0.15, 0.2) is 24.5 Å². The predicted octanol–water partition coefficient (Wildman–Crippen LogP) is 3.40.